The molecule has 0 saturated heterocycles. The maximum absolute atomic E-state index is 2.44. The van der Waals surface area contributed by atoms with Crippen LogP contribution in [0.25, 0.3) is 0 Å². The van der Waals surface area contributed by atoms with Gasteiger partial charge in [-0.25, -0.2) is 0 Å². The van der Waals surface area contributed by atoms with Gasteiger partial charge in [0, 0.05) is 5.92 Å². The largest absolute Gasteiger partial charge is 0.326 e. The van der Waals surface area contributed by atoms with Gasteiger partial charge in [0.2, 0.25) is 0 Å². The number of nitrogens with zero attached hydrogens (tertiary/aromatic N) is 1. The number of quaternary nitrogens is 1. The van der Waals surface area contributed by atoms with E-state index in [1.54, 1.807) is 0 Å². The summed E-state index contributed by atoms with van der Waals surface area (Å²) >= 11 is 0. The molecule has 0 aromatic heterocycles. The van der Waals surface area contributed by atoms with Crippen molar-refractivity contribution in [2.75, 3.05) is 26.7 Å². The van der Waals surface area contributed by atoms with Gasteiger partial charge in [-0.3, -0.25) is 0 Å². The average Bonchev–Trinajstić information content (AvgIpc) is 2.29. The minimum Gasteiger partial charge on any atom is -0.326 e. The maximum Gasteiger partial charge on any atom is 0.0810 e. The molecule has 17 heavy (non-hydrogen) atoms. The zero-order chi connectivity index (χ0) is 13.3. The van der Waals surface area contributed by atoms with Crippen molar-refractivity contribution >= 4 is 0 Å². The molecular weight excluding hydrogens is 206 g/mol. The Morgan fingerprint density at radius 3 is 2.06 bits per heavy atom. The van der Waals surface area contributed by atoms with E-state index >= 15 is 0 Å². The molecule has 0 amide bonds. The van der Waals surface area contributed by atoms with E-state index in [2.05, 4.69) is 41.7 Å². The maximum atomic E-state index is 2.44. The molecular formula is C16H36N+. The summed E-state index contributed by atoms with van der Waals surface area (Å²) < 4.78 is 1.27. The van der Waals surface area contributed by atoms with Crippen LogP contribution in [0.4, 0.5) is 0 Å². The van der Waals surface area contributed by atoms with Gasteiger partial charge in [0.25, 0.3) is 0 Å². The molecule has 0 saturated carbocycles. The number of rotatable bonds is 10. The van der Waals surface area contributed by atoms with Gasteiger partial charge in [-0.15, -0.1) is 0 Å². The molecule has 0 aliphatic heterocycles. The topological polar surface area (TPSA) is 0 Å². The Hall–Kier alpha value is -0.0400. The van der Waals surface area contributed by atoms with Crippen molar-refractivity contribution in [3.8, 4) is 0 Å². The number of hydrogen-bond donors (Lipinski definition) is 0. The summed E-state index contributed by atoms with van der Waals surface area (Å²) in [6.07, 6.45) is 6.89. The molecule has 0 aromatic carbocycles. The van der Waals surface area contributed by atoms with E-state index in [-0.39, 0.29) is 0 Å². The van der Waals surface area contributed by atoms with Crippen molar-refractivity contribution in [2.45, 2.75) is 66.7 Å². The Labute approximate surface area is 110 Å². The fraction of sp³-hybridized carbons (Fsp3) is 1.00. The summed E-state index contributed by atoms with van der Waals surface area (Å²) in [5.41, 5.74) is 0. The quantitative estimate of drug-likeness (QED) is 0.486. The molecule has 104 valence electrons. The smallest absolute Gasteiger partial charge is 0.0810 e. The van der Waals surface area contributed by atoms with E-state index in [0.29, 0.717) is 0 Å². The van der Waals surface area contributed by atoms with Crippen LogP contribution in [0, 0.1) is 11.8 Å². The Morgan fingerprint density at radius 1 is 0.941 bits per heavy atom. The highest BCUT2D eigenvalue weighted by Crippen LogP contribution is 2.16. The van der Waals surface area contributed by atoms with Gasteiger partial charge in [0.05, 0.1) is 26.7 Å². The van der Waals surface area contributed by atoms with Gasteiger partial charge in [-0.05, 0) is 32.1 Å². The Bertz CT molecular complexity index is 178. The molecule has 0 heterocycles. The summed E-state index contributed by atoms with van der Waals surface area (Å²) in [5, 5.41) is 0. The zero-order valence-corrected chi connectivity index (χ0v) is 13.3. The molecule has 0 aromatic rings. The second kappa shape index (κ2) is 8.97. The monoisotopic (exact) mass is 242 g/mol. The predicted molar refractivity (Wildman–Crippen MR) is 79.2 cm³/mol. The SMILES string of the molecule is CCCC(C)CCC[N+](C)(CC)CC(C)CC. The molecule has 0 radical (unpaired) electrons. The van der Waals surface area contributed by atoms with Crippen LogP contribution in [0.5, 0.6) is 0 Å². The van der Waals surface area contributed by atoms with Gasteiger partial charge in [0.15, 0.2) is 0 Å². The van der Waals surface area contributed by atoms with Crippen molar-refractivity contribution in [1.82, 2.24) is 0 Å². The molecule has 3 unspecified atom stereocenters. The van der Waals surface area contributed by atoms with Crippen LogP contribution >= 0.6 is 0 Å². The first-order chi connectivity index (χ1) is 7.97. The van der Waals surface area contributed by atoms with E-state index in [1.165, 1.54) is 56.2 Å². The molecule has 0 rings (SSSR count). The van der Waals surface area contributed by atoms with E-state index in [4.69, 9.17) is 0 Å². The highest BCUT2D eigenvalue weighted by atomic mass is 15.3. The molecule has 0 fully saturated rings. The first-order valence-corrected chi connectivity index (χ1v) is 7.80. The van der Waals surface area contributed by atoms with Crippen molar-refractivity contribution in [1.29, 1.82) is 0 Å². The third kappa shape index (κ3) is 7.81. The van der Waals surface area contributed by atoms with Crippen molar-refractivity contribution in [3.63, 3.8) is 0 Å². The molecule has 0 spiro atoms. The summed E-state index contributed by atoms with van der Waals surface area (Å²) in [5.74, 6) is 1.79. The van der Waals surface area contributed by atoms with Crippen LogP contribution in [0.1, 0.15) is 66.7 Å². The van der Waals surface area contributed by atoms with Crippen LogP contribution in [0.3, 0.4) is 0 Å². The molecule has 0 aliphatic rings. The fourth-order valence-electron chi connectivity index (χ4n) is 2.72. The molecule has 0 aliphatic carbocycles. The van der Waals surface area contributed by atoms with Gasteiger partial charge in [-0.2, -0.15) is 0 Å². The zero-order valence-electron chi connectivity index (χ0n) is 13.3. The van der Waals surface area contributed by atoms with E-state index in [9.17, 15) is 0 Å². The van der Waals surface area contributed by atoms with Gasteiger partial charge >= 0.3 is 0 Å². The number of hydrogen-bond acceptors (Lipinski definition) is 0. The summed E-state index contributed by atoms with van der Waals surface area (Å²) in [4.78, 5) is 0. The Kier molecular flexibility index (Phi) is 8.94. The Morgan fingerprint density at radius 2 is 1.59 bits per heavy atom. The van der Waals surface area contributed by atoms with Crippen LogP contribution in [0.15, 0.2) is 0 Å². The standard InChI is InChI=1S/C16H36N/c1-7-11-16(5)12-10-13-17(6,9-3)14-15(4)8-2/h15-16H,7-14H2,1-6H3/q+1. The molecule has 3 atom stereocenters. The molecule has 0 bridgehead atoms. The lowest BCUT2D eigenvalue weighted by Crippen LogP contribution is -2.47. The van der Waals surface area contributed by atoms with Crippen molar-refractivity contribution in [3.05, 3.63) is 0 Å². The second-order valence-corrected chi connectivity index (χ2v) is 6.39. The predicted octanol–water partition coefficient (Wildman–Crippen LogP) is 4.72. The highest BCUT2D eigenvalue weighted by molar-refractivity contribution is 4.54. The van der Waals surface area contributed by atoms with Crippen molar-refractivity contribution < 1.29 is 4.48 Å². The lowest BCUT2D eigenvalue weighted by atomic mass is 9.99. The average molecular weight is 242 g/mol. The van der Waals surface area contributed by atoms with Crippen molar-refractivity contribution in [2.24, 2.45) is 11.8 Å². The Balaban J connectivity index is 3.94. The summed E-state index contributed by atoms with van der Waals surface area (Å²) in [6, 6.07) is 0. The minimum atomic E-state index is 0.869. The van der Waals surface area contributed by atoms with Crippen LogP contribution in [0.2, 0.25) is 0 Å². The van der Waals surface area contributed by atoms with E-state index < -0.39 is 0 Å². The minimum absolute atomic E-state index is 0.869. The lowest BCUT2D eigenvalue weighted by molar-refractivity contribution is -0.911. The van der Waals surface area contributed by atoms with Gasteiger partial charge in [0.1, 0.15) is 0 Å². The molecule has 1 heteroatoms. The molecule has 1 nitrogen and oxygen atoms in total. The highest BCUT2D eigenvalue weighted by Gasteiger charge is 2.21. The fourth-order valence-corrected chi connectivity index (χ4v) is 2.72. The van der Waals surface area contributed by atoms with Crippen LogP contribution in [-0.2, 0) is 0 Å². The molecule has 0 N–H and O–H groups in total. The second-order valence-electron chi connectivity index (χ2n) is 6.39. The summed E-state index contributed by atoms with van der Waals surface area (Å²) in [7, 11) is 2.44. The summed E-state index contributed by atoms with van der Waals surface area (Å²) in [6.45, 7) is 15.8. The first-order valence-electron chi connectivity index (χ1n) is 7.80. The van der Waals surface area contributed by atoms with Crippen LogP contribution < -0.4 is 0 Å². The van der Waals surface area contributed by atoms with Gasteiger partial charge in [-0.1, -0.05) is 40.5 Å². The van der Waals surface area contributed by atoms with E-state index in [0.717, 1.165) is 11.8 Å². The van der Waals surface area contributed by atoms with Crippen LogP contribution in [-0.4, -0.2) is 31.2 Å². The lowest BCUT2D eigenvalue weighted by Gasteiger charge is -2.36. The third-order valence-corrected chi connectivity index (χ3v) is 4.39. The van der Waals surface area contributed by atoms with Gasteiger partial charge < -0.3 is 4.48 Å². The third-order valence-electron chi connectivity index (χ3n) is 4.39. The first kappa shape index (κ1) is 17.0. The van der Waals surface area contributed by atoms with E-state index in [1.807, 2.05) is 0 Å². The normalized spacial score (nSPS) is 18.7.